The maximum Gasteiger partial charge on any atom is 0.213 e. The molecule has 1 aliphatic rings. The van der Waals surface area contributed by atoms with Gasteiger partial charge in [0, 0.05) is 49.6 Å². The van der Waals surface area contributed by atoms with Crippen LogP contribution in [0.5, 0.6) is 0 Å². The SMILES string of the molecule is CCCCc1cccc(-c2cc(-c3ccccc3)cc(-c3cccc(-c4ccc5c(c4)-c4cccc[n+]4C(C)(CC)C5(CC)CCC[n+]4ccccc4-c4ccccc4C)c3)c2)c1. The van der Waals surface area contributed by atoms with Crippen molar-refractivity contribution in [3.05, 3.63) is 205 Å². The van der Waals surface area contributed by atoms with Crippen LogP contribution >= 0.6 is 0 Å². The maximum absolute atomic E-state index is 2.63. The molecule has 2 nitrogen and oxygen atoms in total. The van der Waals surface area contributed by atoms with E-state index >= 15 is 0 Å². The van der Waals surface area contributed by atoms with Crippen molar-refractivity contribution in [2.75, 3.05) is 0 Å². The Bertz CT molecular complexity index is 2870. The highest BCUT2D eigenvalue weighted by Gasteiger charge is 2.58. The van der Waals surface area contributed by atoms with Crippen LogP contribution < -0.4 is 9.13 Å². The lowest BCUT2D eigenvalue weighted by molar-refractivity contribution is -0.766. The van der Waals surface area contributed by atoms with Crippen molar-refractivity contribution in [1.29, 1.82) is 0 Å². The highest BCUT2D eigenvalue weighted by Crippen LogP contribution is 2.53. The Balaban J connectivity index is 1.10. The van der Waals surface area contributed by atoms with E-state index in [9.17, 15) is 0 Å². The summed E-state index contributed by atoms with van der Waals surface area (Å²) < 4.78 is 5.10. The topological polar surface area (TPSA) is 7.76 Å². The minimum absolute atomic E-state index is 0.0588. The van der Waals surface area contributed by atoms with E-state index in [0.717, 1.165) is 38.6 Å². The van der Waals surface area contributed by atoms with Crippen molar-refractivity contribution in [2.24, 2.45) is 0 Å². The number of rotatable bonds is 14. The van der Waals surface area contributed by atoms with Crippen LogP contribution in [0.15, 0.2) is 188 Å². The molecule has 9 rings (SSSR count). The highest BCUT2D eigenvalue weighted by molar-refractivity contribution is 5.84. The second kappa shape index (κ2) is 18.1. The lowest BCUT2D eigenvalue weighted by Gasteiger charge is -2.48. The zero-order valence-electron chi connectivity index (χ0n) is 37.9. The van der Waals surface area contributed by atoms with Crippen LogP contribution in [-0.4, -0.2) is 0 Å². The third kappa shape index (κ3) is 7.97. The number of pyridine rings is 2. The molecule has 0 fully saturated rings. The number of hydrogen-bond acceptors (Lipinski definition) is 0. The first-order chi connectivity index (χ1) is 30.9. The molecule has 2 unspecified atom stereocenters. The van der Waals surface area contributed by atoms with Crippen LogP contribution in [0.2, 0.25) is 0 Å². The molecule has 2 atom stereocenters. The summed E-state index contributed by atoms with van der Waals surface area (Å²) in [5.41, 5.74) is 19.3. The fourth-order valence-corrected chi connectivity index (χ4v) is 10.9. The number of nitrogens with zero attached hydrogens (tertiary/aromatic N) is 2. The van der Waals surface area contributed by atoms with E-state index < -0.39 is 0 Å². The van der Waals surface area contributed by atoms with E-state index in [4.69, 9.17) is 0 Å². The third-order valence-corrected chi connectivity index (χ3v) is 14.5. The van der Waals surface area contributed by atoms with Gasteiger partial charge in [0.25, 0.3) is 0 Å². The van der Waals surface area contributed by atoms with Gasteiger partial charge < -0.3 is 0 Å². The summed E-state index contributed by atoms with van der Waals surface area (Å²) in [6, 6.07) is 65.9. The average Bonchev–Trinajstić information content (AvgIpc) is 3.35. The number of aryl methyl sites for hydroxylation is 3. The van der Waals surface area contributed by atoms with Crippen molar-refractivity contribution in [2.45, 2.75) is 97.1 Å². The van der Waals surface area contributed by atoms with E-state index in [1.54, 1.807) is 0 Å². The van der Waals surface area contributed by atoms with Gasteiger partial charge in [0.1, 0.15) is 6.54 Å². The molecule has 0 radical (unpaired) electrons. The Morgan fingerprint density at radius 1 is 0.460 bits per heavy atom. The van der Waals surface area contributed by atoms with Gasteiger partial charge in [0.2, 0.25) is 11.4 Å². The van der Waals surface area contributed by atoms with Gasteiger partial charge >= 0.3 is 0 Å². The minimum atomic E-state index is -0.0933. The van der Waals surface area contributed by atoms with Gasteiger partial charge in [0.05, 0.1) is 11.0 Å². The number of hydrogen-bond donors (Lipinski definition) is 0. The van der Waals surface area contributed by atoms with Crippen molar-refractivity contribution in [1.82, 2.24) is 0 Å². The van der Waals surface area contributed by atoms with Crippen LogP contribution in [0.25, 0.3) is 67.0 Å². The Morgan fingerprint density at radius 3 is 1.79 bits per heavy atom. The highest BCUT2D eigenvalue weighted by atomic mass is 15.1. The summed E-state index contributed by atoms with van der Waals surface area (Å²) in [5, 5.41) is 0. The molecular formula is C61H62N2+2. The molecule has 0 aliphatic carbocycles. The van der Waals surface area contributed by atoms with E-state index in [0.29, 0.717) is 0 Å². The lowest BCUT2D eigenvalue weighted by Crippen LogP contribution is -2.68. The smallest absolute Gasteiger partial charge is 0.198 e. The molecule has 63 heavy (non-hydrogen) atoms. The van der Waals surface area contributed by atoms with Crippen LogP contribution in [0.4, 0.5) is 0 Å². The fourth-order valence-electron chi connectivity index (χ4n) is 10.9. The van der Waals surface area contributed by atoms with Crippen molar-refractivity contribution in [3.63, 3.8) is 0 Å². The van der Waals surface area contributed by atoms with Gasteiger partial charge in [-0.05, 0) is 142 Å². The van der Waals surface area contributed by atoms with Gasteiger partial charge in [-0.15, -0.1) is 0 Å². The monoisotopic (exact) mass is 822 g/mol. The summed E-state index contributed by atoms with van der Waals surface area (Å²) in [6.07, 6.45) is 12.4. The molecular weight excluding hydrogens is 761 g/mol. The van der Waals surface area contributed by atoms with Gasteiger partial charge in [-0.2, -0.15) is 9.13 Å². The Kier molecular flexibility index (Phi) is 12.1. The zero-order chi connectivity index (χ0) is 43.4. The standard InChI is InChI=1S/C61H62N2/c1-6-9-23-46-24-19-27-48(39-46)53-41-52(47-25-11-10-12-26-47)42-54(43-53)50-29-20-28-49(40-50)51-33-34-57-56(44-51)59-32-16-18-38-63(59)60(5,7-2)61(57,8-3)35-21-37-62-36-17-15-31-58(62)55-30-14-13-22-45(55)4/h10-20,22,24-34,36,38-44H,6-9,21,23,35,37H2,1-5H3/q+2. The first-order valence-electron chi connectivity index (χ1n) is 23.5. The molecule has 8 aromatic rings. The fraction of sp³-hybridized carbons (Fsp3) is 0.246. The van der Waals surface area contributed by atoms with Gasteiger partial charge in [-0.25, -0.2) is 0 Å². The second-order valence-corrected chi connectivity index (χ2v) is 18.0. The van der Waals surface area contributed by atoms with Crippen LogP contribution in [0.1, 0.15) is 82.9 Å². The third-order valence-electron chi connectivity index (χ3n) is 14.5. The summed E-state index contributed by atoms with van der Waals surface area (Å²) in [4.78, 5) is 0. The largest absolute Gasteiger partial charge is 0.213 e. The molecule has 0 bridgehead atoms. The normalized spacial score (nSPS) is 16.7. The molecule has 0 N–H and O–H groups in total. The molecule has 6 aromatic carbocycles. The molecule has 2 heteroatoms. The first kappa shape index (κ1) is 41.9. The molecule has 2 aromatic heterocycles. The van der Waals surface area contributed by atoms with Crippen LogP contribution in [0.3, 0.4) is 0 Å². The van der Waals surface area contributed by atoms with E-state index in [-0.39, 0.29) is 11.0 Å². The Hall–Kier alpha value is -6.38. The summed E-state index contributed by atoms with van der Waals surface area (Å²) >= 11 is 0. The van der Waals surface area contributed by atoms with E-state index in [1.807, 2.05) is 0 Å². The van der Waals surface area contributed by atoms with Crippen molar-refractivity contribution in [3.8, 4) is 67.0 Å². The van der Waals surface area contributed by atoms with Gasteiger partial charge in [-0.1, -0.05) is 130 Å². The lowest BCUT2D eigenvalue weighted by atomic mass is 9.57. The van der Waals surface area contributed by atoms with Crippen LogP contribution in [-0.2, 0) is 23.9 Å². The molecule has 1 aliphatic heterocycles. The van der Waals surface area contributed by atoms with Crippen molar-refractivity contribution < 1.29 is 9.13 Å². The quantitative estimate of drug-likeness (QED) is 0.0966. The summed E-state index contributed by atoms with van der Waals surface area (Å²) in [6.45, 7) is 12.8. The zero-order valence-corrected chi connectivity index (χ0v) is 37.9. The first-order valence-corrected chi connectivity index (χ1v) is 23.5. The predicted octanol–water partition coefficient (Wildman–Crippen LogP) is 15.2. The van der Waals surface area contributed by atoms with Gasteiger partial charge in [-0.3, -0.25) is 0 Å². The molecule has 0 spiro atoms. The number of fused-ring (bicyclic) bond motifs is 3. The minimum Gasteiger partial charge on any atom is -0.198 e. The van der Waals surface area contributed by atoms with Gasteiger partial charge in [0.15, 0.2) is 17.9 Å². The Labute approximate surface area is 376 Å². The average molecular weight is 823 g/mol. The molecule has 3 heterocycles. The molecule has 0 amide bonds. The Morgan fingerprint density at radius 2 is 1.06 bits per heavy atom. The predicted molar refractivity (Wildman–Crippen MR) is 264 cm³/mol. The summed E-state index contributed by atoms with van der Waals surface area (Å²) in [7, 11) is 0. The number of benzene rings is 6. The van der Waals surface area contributed by atoms with E-state index in [2.05, 4.69) is 232 Å². The molecule has 0 saturated carbocycles. The van der Waals surface area contributed by atoms with Crippen molar-refractivity contribution >= 4 is 0 Å². The van der Waals surface area contributed by atoms with E-state index in [1.165, 1.54) is 96.6 Å². The number of unbranched alkanes of at least 4 members (excludes halogenated alkanes) is 1. The molecule has 314 valence electrons. The second-order valence-electron chi connectivity index (χ2n) is 18.0. The van der Waals surface area contributed by atoms with Crippen LogP contribution in [0, 0.1) is 6.92 Å². The molecule has 0 saturated heterocycles. The maximum atomic E-state index is 2.63. The number of aromatic nitrogens is 2. The summed E-state index contributed by atoms with van der Waals surface area (Å²) in [5.74, 6) is 0.